The first kappa shape index (κ1) is 11.5. The van der Waals surface area contributed by atoms with Crippen molar-refractivity contribution in [2.45, 2.75) is 6.10 Å². The molecule has 1 N–H and O–H groups in total. The summed E-state index contributed by atoms with van der Waals surface area (Å²) >= 11 is 11.9. The molecule has 0 saturated heterocycles. The molecule has 1 atom stereocenters. The van der Waals surface area contributed by atoms with Crippen LogP contribution < -0.4 is 0 Å². The number of aliphatic hydroxyl groups excluding tert-OH is 1. The Morgan fingerprint density at radius 1 is 1.31 bits per heavy atom. The summed E-state index contributed by atoms with van der Waals surface area (Å²) in [7, 11) is 1.79. The Balaban J connectivity index is 2.41. The molecular formula is C11H10Cl2N2O. The van der Waals surface area contributed by atoms with E-state index in [9.17, 15) is 5.11 Å². The van der Waals surface area contributed by atoms with Gasteiger partial charge in [-0.1, -0.05) is 35.3 Å². The molecule has 1 heterocycles. The molecule has 0 bridgehead atoms. The second-order valence-electron chi connectivity index (χ2n) is 3.46. The van der Waals surface area contributed by atoms with Crippen molar-refractivity contribution >= 4 is 23.2 Å². The van der Waals surface area contributed by atoms with Crippen molar-refractivity contribution in [2.24, 2.45) is 7.05 Å². The van der Waals surface area contributed by atoms with E-state index in [1.165, 1.54) is 0 Å². The normalized spacial score (nSPS) is 12.8. The Morgan fingerprint density at radius 3 is 2.69 bits per heavy atom. The molecular weight excluding hydrogens is 247 g/mol. The van der Waals surface area contributed by atoms with Gasteiger partial charge in [-0.15, -0.1) is 0 Å². The van der Waals surface area contributed by atoms with Crippen molar-refractivity contribution in [1.29, 1.82) is 0 Å². The maximum absolute atomic E-state index is 10.1. The smallest absolute Gasteiger partial charge is 0.124 e. The van der Waals surface area contributed by atoms with E-state index < -0.39 is 6.10 Å². The molecule has 1 aromatic carbocycles. The topological polar surface area (TPSA) is 38.0 Å². The molecule has 16 heavy (non-hydrogen) atoms. The van der Waals surface area contributed by atoms with Crippen LogP contribution in [-0.2, 0) is 7.05 Å². The van der Waals surface area contributed by atoms with Crippen molar-refractivity contribution in [1.82, 2.24) is 9.78 Å². The summed E-state index contributed by atoms with van der Waals surface area (Å²) in [5.74, 6) is 0. The third-order valence-corrected chi connectivity index (χ3v) is 3.12. The number of nitrogens with zero attached hydrogens (tertiary/aromatic N) is 2. The van der Waals surface area contributed by atoms with E-state index in [1.54, 1.807) is 42.2 Å². The first-order chi connectivity index (χ1) is 7.59. The molecule has 1 unspecified atom stereocenters. The molecule has 0 saturated carbocycles. The monoisotopic (exact) mass is 256 g/mol. The van der Waals surface area contributed by atoms with E-state index in [0.717, 1.165) is 0 Å². The zero-order valence-electron chi connectivity index (χ0n) is 8.56. The highest BCUT2D eigenvalue weighted by atomic mass is 35.5. The first-order valence-corrected chi connectivity index (χ1v) is 5.46. The van der Waals surface area contributed by atoms with Crippen molar-refractivity contribution in [3.05, 3.63) is 51.8 Å². The van der Waals surface area contributed by atoms with Gasteiger partial charge >= 0.3 is 0 Å². The van der Waals surface area contributed by atoms with Crippen LogP contribution in [0.15, 0.2) is 30.5 Å². The summed E-state index contributed by atoms with van der Waals surface area (Å²) in [5.41, 5.74) is 1.11. The molecule has 0 radical (unpaired) electrons. The minimum Gasteiger partial charge on any atom is -0.382 e. The van der Waals surface area contributed by atoms with Crippen LogP contribution in [0.4, 0.5) is 0 Å². The molecule has 84 valence electrons. The first-order valence-electron chi connectivity index (χ1n) is 4.71. The van der Waals surface area contributed by atoms with Gasteiger partial charge in [-0.25, -0.2) is 0 Å². The van der Waals surface area contributed by atoms with Crippen LogP contribution in [0.2, 0.25) is 10.0 Å². The van der Waals surface area contributed by atoms with Gasteiger partial charge in [-0.2, -0.15) is 5.10 Å². The maximum atomic E-state index is 10.1. The van der Waals surface area contributed by atoms with Crippen LogP contribution in [0.3, 0.4) is 0 Å². The lowest BCUT2D eigenvalue weighted by molar-refractivity contribution is 0.214. The van der Waals surface area contributed by atoms with Gasteiger partial charge in [0.15, 0.2) is 0 Å². The van der Waals surface area contributed by atoms with Gasteiger partial charge < -0.3 is 5.11 Å². The van der Waals surface area contributed by atoms with Gasteiger partial charge in [0, 0.05) is 18.8 Å². The second kappa shape index (κ2) is 4.45. The van der Waals surface area contributed by atoms with Crippen LogP contribution in [0.5, 0.6) is 0 Å². The molecule has 0 aliphatic heterocycles. The van der Waals surface area contributed by atoms with Gasteiger partial charge in [-0.3, -0.25) is 4.68 Å². The maximum Gasteiger partial charge on any atom is 0.124 e. The van der Waals surface area contributed by atoms with Gasteiger partial charge in [0.2, 0.25) is 0 Å². The molecule has 0 aliphatic rings. The highest BCUT2D eigenvalue weighted by molar-refractivity contribution is 6.42. The van der Waals surface area contributed by atoms with E-state index in [1.807, 2.05) is 0 Å². The van der Waals surface area contributed by atoms with Gasteiger partial charge in [0.1, 0.15) is 6.10 Å². The lowest BCUT2D eigenvalue weighted by atomic mass is 10.1. The van der Waals surface area contributed by atoms with Crippen LogP contribution >= 0.6 is 23.2 Å². The van der Waals surface area contributed by atoms with Crippen molar-refractivity contribution in [3.8, 4) is 0 Å². The number of aromatic nitrogens is 2. The van der Waals surface area contributed by atoms with Crippen molar-refractivity contribution in [2.75, 3.05) is 0 Å². The summed E-state index contributed by atoms with van der Waals surface area (Å²) in [4.78, 5) is 0. The molecule has 1 aromatic heterocycles. The number of hydrogen-bond acceptors (Lipinski definition) is 2. The molecule has 0 aliphatic carbocycles. The lowest BCUT2D eigenvalue weighted by Crippen LogP contribution is -2.02. The van der Waals surface area contributed by atoms with Crippen molar-refractivity contribution < 1.29 is 5.11 Å². The molecule has 2 rings (SSSR count). The highest BCUT2D eigenvalue weighted by Gasteiger charge is 2.17. The standard InChI is InChI=1S/C11H10Cl2N2O/c1-15-6-5-9(14-15)11(16)7-3-2-4-8(12)10(7)13/h2-6,11,16H,1H3. The fourth-order valence-electron chi connectivity index (χ4n) is 1.47. The summed E-state index contributed by atoms with van der Waals surface area (Å²) in [6, 6.07) is 6.89. The van der Waals surface area contributed by atoms with E-state index in [-0.39, 0.29) is 0 Å². The zero-order valence-corrected chi connectivity index (χ0v) is 10.1. The average molecular weight is 257 g/mol. The number of benzene rings is 1. The molecule has 3 nitrogen and oxygen atoms in total. The van der Waals surface area contributed by atoms with Crippen LogP contribution in [-0.4, -0.2) is 14.9 Å². The molecule has 0 spiro atoms. The third kappa shape index (κ3) is 2.07. The minimum atomic E-state index is -0.854. The summed E-state index contributed by atoms with van der Waals surface area (Å²) in [5, 5.41) is 15.0. The van der Waals surface area contributed by atoms with Gasteiger partial charge in [0.05, 0.1) is 15.7 Å². The van der Waals surface area contributed by atoms with E-state index in [0.29, 0.717) is 21.3 Å². The van der Waals surface area contributed by atoms with E-state index in [4.69, 9.17) is 23.2 Å². The Labute approximate surface area is 103 Å². The lowest BCUT2D eigenvalue weighted by Gasteiger charge is -2.10. The fraction of sp³-hybridized carbons (Fsp3) is 0.182. The van der Waals surface area contributed by atoms with Crippen LogP contribution in [0, 0.1) is 0 Å². The number of halogens is 2. The van der Waals surface area contributed by atoms with Gasteiger partial charge in [0.25, 0.3) is 0 Å². The largest absolute Gasteiger partial charge is 0.382 e. The number of aryl methyl sites for hydroxylation is 1. The Bertz CT molecular complexity index is 510. The second-order valence-corrected chi connectivity index (χ2v) is 4.25. The van der Waals surface area contributed by atoms with Gasteiger partial charge in [-0.05, 0) is 12.1 Å². The fourth-order valence-corrected chi connectivity index (χ4v) is 1.88. The van der Waals surface area contributed by atoms with E-state index in [2.05, 4.69) is 5.10 Å². The molecule has 5 heteroatoms. The molecule has 2 aromatic rings. The van der Waals surface area contributed by atoms with Crippen LogP contribution in [0.1, 0.15) is 17.4 Å². The summed E-state index contributed by atoms with van der Waals surface area (Å²) in [6.45, 7) is 0. The van der Waals surface area contributed by atoms with Crippen molar-refractivity contribution in [3.63, 3.8) is 0 Å². The summed E-state index contributed by atoms with van der Waals surface area (Å²) < 4.78 is 1.62. The minimum absolute atomic E-state index is 0.363. The number of hydrogen-bond donors (Lipinski definition) is 1. The third-order valence-electron chi connectivity index (χ3n) is 2.29. The summed E-state index contributed by atoms with van der Waals surface area (Å²) in [6.07, 6.45) is 0.907. The van der Waals surface area contributed by atoms with E-state index >= 15 is 0 Å². The average Bonchev–Trinajstić information content (AvgIpc) is 2.68. The quantitative estimate of drug-likeness (QED) is 0.898. The number of rotatable bonds is 2. The zero-order chi connectivity index (χ0) is 11.7. The molecule has 0 amide bonds. The predicted octanol–water partition coefficient (Wildman–Crippen LogP) is 2.81. The predicted molar refractivity (Wildman–Crippen MR) is 63.7 cm³/mol. The van der Waals surface area contributed by atoms with Crippen LogP contribution in [0.25, 0.3) is 0 Å². The Kier molecular flexibility index (Phi) is 3.19. The SMILES string of the molecule is Cn1ccc(C(O)c2cccc(Cl)c2Cl)n1. The molecule has 0 fully saturated rings. The number of aliphatic hydroxyl groups is 1. The highest BCUT2D eigenvalue weighted by Crippen LogP contribution is 2.32. The Hall–Kier alpha value is -1.03. The Morgan fingerprint density at radius 2 is 2.06 bits per heavy atom.